The molecular weight excluding hydrogens is 208 g/mol. The third-order valence-corrected chi connectivity index (χ3v) is 3.01. The molecule has 0 aliphatic carbocycles. The van der Waals surface area contributed by atoms with Crippen LogP contribution in [0.15, 0.2) is 0 Å². The predicted octanol–water partition coefficient (Wildman–Crippen LogP) is 0.134. The maximum Gasteiger partial charge on any atom is 0.328 e. The summed E-state index contributed by atoms with van der Waals surface area (Å²) in [5.74, 6) is -0.420. The highest BCUT2D eigenvalue weighted by molar-refractivity contribution is 5.88. The van der Waals surface area contributed by atoms with E-state index in [0.29, 0.717) is 13.0 Å². The van der Waals surface area contributed by atoms with E-state index in [2.05, 4.69) is 4.74 Å². The zero-order chi connectivity index (χ0) is 12.3. The summed E-state index contributed by atoms with van der Waals surface area (Å²) in [4.78, 5) is 25.0. The van der Waals surface area contributed by atoms with Crippen LogP contribution in [-0.2, 0) is 14.3 Å². The van der Waals surface area contributed by atoms with E-state index in [9.17, 15) is 9.59 Å². The standard InChI is InChI=1S/C11H20N2O3/c1-7(2)9(12)10(14)13-6-4-5-8(13)11(15)16-3/h7-9H,4-6,12H2,1-3H3/t8-,9+/m0/s1. The van der Waals surface area contributed by atoms with Crippen LogP contribution in [0.1, 0.15) is 26.7 Å². The molecule has 1 rings (SSSR count). The number of carbonyl (C=O) groups excluding carboxylic acids is 2. The van der Waals surface area contributed by atoms with E-state index >= 15 is 0 Å². The van der Waals surface area contributed by atoms with Crippen LogP contribution in [0.4, 0.5) is 0 Å². The van der Waals surface area contributed by atoms with Crippen LogP contribution in [0, 0.1) is 5.92 Å². The second kappa shape index (κ2) is 5.30. The van der Waals surface area contributed by atoms with Crippen LogP contribution in [0.5, 0.6) is 0 Å². The number of nitrogens with two attached hydrogens (primary N) is 1. The third kappa shape index (κ3) is 2.52. The van der Waals surface area contributed by atoms with Crippen molar-refractivity contribution >= 4 is 11.9 Å². The molecule has 0 aromatic heterocycles. The SMILES string of the molecule is COC(=O)[C@@H]1CCCN1C(=O)[C@H](N)C(C)C. The average molecular weight is 228 g/mol. The van der Waals surface area contributed by atoms with Gasteiger partial charge in [0.15, 0.2) is 0 Å². The van der Waals surface area contributed by atoms with Crippen molar-refractivity contribution in [1.29, 1.82) is 0 Å². The summed E-state index contributed by atoms with van der Waals surface area (Å²) in [7, 11) is 1.34. The van der Waals surface area contributed by atoms with Crippen molar-refractivity contribution in [2.24, 2.45) is 11.7 Å². The Bertz CT molecular complexity index is 278. The summed E-state index contributed by atoms with van der Waals surface area (Å²) in [6.07, 6.45) is 1.50. The molecule has 1 amide bonds. The first-order valence-corrected chi connectivity index (χ1v) is 5.63. The lowest BCUT2D eigenvalue weighted by atomic mass is 10.0. The van der Waals surface area contributed by atoms with E-state index in [0.717, 1.165) is 6.42 Å². The van der Waals surface area contributed by atoms with E-state index < -0.39 is 12.1 Å². The second-order valence-electron chi connectivity index (χ2n) is 4.48. The Hall–Kier alpha value is -1.10. The zero-order valence-corrected chi connectivity index (χ0v) is 10.1. The van der Waals surface area contributed by atoms with Gasteiger partial charge >= 0.3 is 5.97 Å². The van der Waals surface area contributed by atoms with Gasteiger partial charge in [0.1, 0.15) is 6.04 Å². The molecule has 1 aliphatic heterocycles. The van der Waals surface area contributed by atoms with Gasteiger partial charge in [0.2, 0.25) is 5.91 Å². The average Bonchev–Trinajstić information content (AvgIpc) is 2.74. The monoisotopic (exact) mass is 228 g/mol. The lowest BCUT2D eigenvalue weighted by Crippen LogP contribution is -2.50. The lowest BCUT2D eigenvalue weighted by Gasteiger charge is -2.27. The van der Waals surface area contributed by atoms with Crippen molar-refractivity contribution in [3.05, 3.63) is 0 Å². The Balaban J connectivity index is 2.71. The smallest absolute Gasteiger partial charge is 0.328 e. The van der Waals surface area contributed by atoms with Crippen molar-refractivity contribution in [1.82, 2.24) is 4.90 Å². The Morgan fingerprint density at radius 3 is 2.56 bits per heavy atom. The highest BCUT2D eigenvalue weighted by Crippen LogP contribution is 2.20. The molecule has 92 valence electrons. The molecule has 5 heteroatoms. The first-order valence-electron chi connectivity index (χ1n) is 5.63. The fourth-order valence-electron chi connectivity index (χ4n) is 1.89. The molecule has 5 nitrogen and oxygen atoms in total. The molecule has 0 saturated carbocycles. The maximum absolute atomic E-state index is 12.0. The number of hydrogen-bond donors (Lipinski definition) is 1. The number of ether oxygens (including phenoxy) is 1. The quantitative estimate of drug-likeness (QED) is 0.697. The van der Waals surface area contributed by atoms with Crippen LogP contribution < -0.4 is 5.73 Å². The summed E-state index contributed by atoms with van der Waals surface area (Å²) >= 11 is 0. The van der Waals surface area contributed by atoms with Gasteiger partial charge in [-0.3, -0.25) is 4.79 Å². The number of esters is 1. The van der Waals surface area contributed by atoms with Crippen molar-refractivity contribution in [3.8, 4) is 0 Å². The number of amides is 1. The molecule has 0 spiro atoms. The molecule has 0 bridgehead atoms. The van der Waals surface area contributed by atoms with Crippen LogP contribution in [0.2, 0.25) is 0 Å². The Kier molecular flexibility index (Phi) is 4.29. The number of methoxy groups -OCH3 is 1. The number of carbonyl (C=O) groups is 2. The highest BCUT2D eigenvalue weighted by Gasteiger charge is 2.37. The summed E-state index contributed by atoms with van der Waals surface area (Å²) in [5.41, 5.74) is 5.80. The van der Waals surface area contributed by atoms with E-state index in [-0.39, 0.29) is 17.8 Å². The minimum Gasteiger partial charge on any atom is -0.467 e. The van der Waals surface area contributed by atoms with Gasteiger partial charge in [-0.05, 0) is 18.8 Å². The lowest BCUT2D eigenvalue weighted by molar-refractivity contribution is -0.151. The molecule has 2 atom stereocenters. The van der Waals surface area contributed by atoms with Crippen LogP contribution in [-0.4, -0.2) is 42.5 Å². The van der Waals surface area contributed by atoms with Crippen LogP contribution in [0.25, 0.3) is 0 Å². The molecule has 2 N–H and O–H groups in total. The number of hydrogen-bond acceptors (Lipinski definition) is 4. The van der Waals surface area contributed by atoms with Gasteiger partial charge in [-0.25, -0.2) is 4.79 Å². The van der Waals surface area contributed by atoms with E-state index in [4.69, 9.17) is 5.73 Å². The predicted molar refractivity (Wildman–Crippen MR) is 59.6 cm³/mol. The van der Waals surface area contributed by atoms with Crippen LogP contribution >= 0.6 is 0 Å². The van der Waals surface area contributed by atoms with E-state index in [1.165, 1.54) is 7.11 Å². The zero-order valence-electron chi connectivity index (χ0n) is 10.1. The van der Waals surface area contributed by atoms with Gasteiger partial charge in [-0.1, -0.05) is 13.8 Å². The summed E-state index contributed by atoms with van der Waals surface area (Å²) < 4.78 is 4.68. The first-order chi connectivity index (χ1) is 7.49. The van der Waals surface area contributed by atoms with Crippen LogP contribution in [0.3, 0.4) is 0 Å². The summed E-state index contributed by atoms with van der Waals surface area (Å²) in [6.45, 7) is 4.39. The third-order valence-electron chi connectivity index (χ3n) is 3.01. The van der Waals surface area contributed by atoms with Gasteiger partial charge in [0.25, 0.3) is 0 Å². The Morgan fingerprint density at radius 2 is 2.06 bits per heavy atom. The minimum absolute atomic E-state index is 0.0754. The molecule has 1 fully saturated rings. The molecular formula is C11H20N2O3. The largest absolute Gasteiger partial charge is 0.467 e. The number of likely N-dealkylation sites (tertiary alicyclic amines) is 1. The fourth-order valence-corrected chi connectivity index (χ4v) is 1.89. The van der Waals surface area contributed by atoms with E-state index in [1.807, 2.05) is 13.8 Å². The highest BCUT2D eigenvalue weighted by atomic mass is 16.5. The van der Waals surface area contributed by atoms with E-state index in [1.54, 1.807) is 4.90 Å². The topological polar surface area (TPSA) is 72.6 Å². The van der Waals surface area contributed by atoms with Crippen molar-refractivity contribution in [2.45, 2.75) is 38.8 Å². The van der Waals surface area contributed by atoms with Gasteiger partial charge in [0, 0.05) is 6.54 Å². The summed E-state index contributed by atoms with van der Waals surface area (Å²) in [6, 6.07) is -0.979. The Labute approximate surface area is 95.9 Å². The first kappa shape index (κ1) is 13.0. The molecule has 1 aliphatic rings. The number of nitrogens with zero attached hydrogens (tertiary/aromatic N) is 1. The van der Waals surface area contributed by atoms with Gasteiger partial charge in [-0.2, -0.15) is 0 Å². The molecule has 16 heavy (non-hydrogen) atoms. The minimum atomic E-state index is -0.537. The Morgan fingerprint density at radius 1 is 1.44 bits per heavy atom. The molecule has 0 aromatic carbocycles. The number of rotatable bonds is 3. The van der Waals surface area contributed by atoms with Crippen molar-refractivity contribution in [3.63, 3.8) is 0 Å². The normalized spacial score (nSPS) is 22.3. The fraction of sp³-hybridized carbons (Fsp3) is 0.818. The molecule has 1 heterocycles. The molecule has 0 radical (unpaired) electrons. The van der Waals surface area contributed by atoms with Gasteiger partial charge in [0.05, 0.1) is 13.2 Å². The maximum atomic E-state index is 12.0. The molecule has 0 unspecified atom stereocenters. The second-order valence-corrected chi connectivity index (χ2v) is 4.48. The molecule has 1 saturated heterocycles. The van der Waals surface area contributed by atoms with Crippen molar-refractivity contribution < 1.29 is 14.3 Å². The van der Waals surface area contributed by atoms with Gasteiger partial charge < -0.3 is 15.4 Å². The molecule has 0 aromatic rings. The van der Waals surface area contributed by atoms with Gasteiger partial charge in [-0.15, -0.1) is 0 Å². The summed E-state index contributed by atoms with van der Waals surface area (Å²) in [5, 5.41) is 0. The van der Waals surface area contributed by atoms with Crippen molar-refractivity contribution in [2.75, 3.05) is 13.7 Å².